The van der Waals surface area contributed by atoms with Crippen LogP contribution in [-0.4, -0.2) is 19.1 Å². The molecule has 6 heteroatoms. The van der Waals surface area contributed by atoms with Crippen molar-refractivity contribution in [3.8, 4) is 12.3 Å². The summed E-state index contributed by atoms with van der Waals surface area (Å²) in [4.78, 5) is 30.3. The standard InChI is InChI=1S/C10H10N4O2/c1-4-5-6-11-7-8(12-6)13(2)10(16)14(3)9(7)15/h1H,5H2,2-3H3,(H,11,12). The Labute approximate surface area is 90.5 Å². The maximum Gasteiger partial charge on any atom is 0.332 e. The highest BCUT2D eigenvalue weighted by Crippen LogP contribution is 2.03. The van der Waals surface area contributed by atoms with Crippen LogP contribution in [0.15, 0.2) is 9.59 Å². The Morgan fingerprint density at radius 3 is 2.69 bits per heavy atom. The van der Waals surface area contributed by atoms with Gasteiger partial charge in [-0.25, -0.2) is 9.78 Å². The molecule has 2 rings (SSSR count). The van der Waals surface area contributed by atoms with Crippen LogP contribution in [-0.2, 0) is 20.5 Å². The molecule has 0 saturated heterocycles. The summed E-state index contributed by atoms with van der Waals surface area (Å²) in [6, 6.07) is 0. The molecule has 0 aliphatic carbocycles. The number of terminal acetylenes is 1. The molecular formula is C10H10N4O2. The molecule has 0 fully saturated rings. The third-order valence-electron chi connectivity index (χ3n) is 2.41. The van der Waals surface area contributed by atoms with E-state index < -0.39 is 11.2 Å². The average Bonchev–Trinajstić information content (AvgIpc) is 2.68. The van der Waals surface area contributed by atoms with Crippen LogP contribution in [0.5, 0.6) is 0 Å². The van der Waals surface area contributed by atoms with Crippen LogP contribution >= 0.6 is 0 Å². The highest BCUT2D eigenvalue weighted by molar-refractivity contribution is 5.69. The molecule has 0 amide bonds. The van der Waals surface area contributed by atoms with E-state index in [-0.39, 0.29) is 0 Å². The Kier molecular flexibility index (Phi) is 2.16. The molecule has 0 spiro atoms. The first-order valence-electron chi connectivity index (χ1n) is 4.64. The second-order valence-electron chi connectivity index (χ2n) is 3.47. The predicted octanol–water partition coefficient (Wildman–Crippen LogP) is -0.864. The van der Waals surface area contributed by atoms with E-state index in [1.165, 1.54) is 11.6 Å². The maximum absolute atomic E-state index is 11.7. The monoisotopic (exact) mass is 218 g/mol. The number of aryl methyl sites for hydroxylation is 1. The number of nitrogens with one attached hydrogen (secondary N) is 1. The van der Waals surface area contributed by atoms with Crippen LogP contribution in [0.2, 0.25) is 0 Å². The lowest BCUT2D eigenvalue weighted by Gasteiger charge is -2.00. The van der Waals surface area contributed by atoms with Gasteiger partial charge in [-0.2, -0.15) is 0 Å². The Morgan fingerprint density at radius 1 is 1.38 bits per heavy atom. The number of aromatic amines is 1. The molecule has 0 unspecified atom stereocenters. The highest BCUT2D eigenvalue weighted by atomic mass is 16.2. The minimum absolute atomic E-state index is 0.298. The van der Waals surface area contributed by atoms with Gasteiger partial charge in [0.1, 0.15) is 11.3 Å². The summed E-state index contributed by atoms with van der Waals surface area (Å²) >= 11 is 0. The van der Waals surface area contributed by atoms with Crippen LogP contribution in [0.25, 0.3) is 11.2 Å². The lowest BCUT2D eigenvalue weighted by atomic mass is 10.4. The fourth-order valence-corrected chi connectivity index (χ4v) is 1.55. The Morgan fingerprint density at radius 2 is 2.06 bits per heavy atom. The van der Waals surface area contributed by atoms with Crippen LogP contribution in [0, 0.1) is 12.3 Å². The van der Waals surface area contributed by atoms with Crippen molar-refractivity contribution in [2.45, 2.75) is 6.42 Å². The lowest BCUT2D eigenvalue weighted by molar-refractivity contribution is 0.708. The third-order valence-corrected chi connectivity index (χ3v) is 2.41. The van der Waals surface area contributed by atoms with Gasteiger partial charge in [-0.3, -0.25) is 13.9 Å². The molecule has 0 bridgehead atoms. The van der Waals surface area contributed by atoms with Crippen LogP contribution in [0.1, 0.15) is 5.82 Å². The van der Waals surface area contributed by atoms with Gasteiger partial charge < -0.3 is 4.98 Å². The van der Waals surface area contributed by atoms with E-state index in [4.69, 9.17) is 6.42 Å². The largest absolute Gasteiger partial charge is 0.335 e. The van der Waals surface area contributed by atoms with Crippen molar-refractivity contribution >= 4 is 11.2 Å². The molecule has 2 aromatic heterocycles. The summed E-state index contributed by atoms with van der Waals surface area (Å²) in [5.74, 6) is 2.93. The van der Waals surface area contributed by atoms with Gasteiger partial charge in [0.25, 0.3) is 5.56 Å². The van der Waals surface area contributed by atoms with Crippen molar-refractivity contribution in [1.82, 2.24) is 19.1 Å². The number of nitrogens with zero attached hydrogens (tertiary/aromatic N) is 3. The normalized spacial score (nSPS) is 10.6. The Hall–Kier alpha value is -2.29. The fraction of sp³-hybridized carbons (Fsp3) is 0.300. The van der Waals surface area contributed by atoms with Gasteiger partial charge in [0.2, 0.25) is 0 Å². The first kappa shape index (κ1) is 10.2. The minimum Gasteiger partial charge on any atom is -0.335 e. The summed E-state index contributed by atoms with van der Waals surface area (Å²) in [6.07, 6.45) is 5.45. The third kappa shape index (κ3) is 1.26. The van der Waals surface area contributed by atoms with E-state index in [0.29, 0.717) is 23.4 Å². The smallest absolute Gasteiger partial charge is 0.332 e. The molecule has 0 aliphatic heterocycles. The van der Waals surface area contributed by atoms with Gasteiger partial charge in [-0.05, 0) is 0 Å². The molecule has 0 aromatic carbocycles. The van der Waals surface area contributed by atoms with E-state index in [1.807, 2.05) is 0 Å². The minimum atomic E-state index is -0.406. The number of fused-ring (bicyclic) bond motifs is 1. The van der Waals surface area contributed by atoms with Gasteiger partial charge in [-0.15, -0.1) is 6.42 Å². The van der Waals surface area contributed by atoms with Gasteiger partial charge in [0, 0.05) is 14.1 Å². The predicted molar refractivity (Wildman–Crippen MR) is 59.1 cm³/mol. The molecule has 16 heavy (non-hydrogen) atoms. The second-order valence-corrected chi connectivity index (χ2v) is 3.47. The molecule has 6 nitrogen and oxygen atoms in total. The molecule has 2 aromatic rings. The zero-order valence-corrected chi connectivity index (χ0v) is 8.94. The number of hydrogen-bond donors (Lipinski definition) is 1. The summed E-state index contributed by atoms with van der Waals surface area (Å²) in [7, 11) is 2.98. The molecular weight excluding hydrogens is 208 g/mol. The average molecular weight is 218 g/mol. The Balaban J connectivity index is 2.93. The topological polar surface area (TPSA) is 72.7 Å². The molecule has 0 radical (unpaired) electrons. The number of H-pyrrole nitrogens is 1. The number of rotatable bonds is 1. The van der Waals surface area contributed by atoms with E-state index in [2.05, 4.69) is 15.9 Å². The van der Waals surface area contributed by atoms with E-state index in [0.717, 1.165) is 4.57 Å². The highest BCUT2D eigenvalue weighted by Gasteiger charge is 2.12. The van der Waals surface area contributed by atoms with E-state index in [1.54, 1.807) is 7.05 Å². The molecule has 0 aliphatic rings. The lowest BCUT2D eigenvalue weighted by Crippen LogP contribution is -2.36. The number of hydrogen-bond acceptors (Lipinski definition) is 3. The van der Waals surface area contributed by atoms with Crippen LogP contribution in [0.4, 0.5) is 0 Å². The van der Waals surface area contributed by atoms with Crippen LogP contribution in [0.3, 0.4) is 0 Å². The SMILES string of the molecule is C#CCc1nc2c([nH]1)c(=O)n(C)c(=O)n2C. The zero-order valence-electron chi connectivity index (χ0n) is 8.94. The summed E-state index contributed by atoms with van der Waals surface area (Å²) in [5, 5.41) is 0. The van der Waals surface area contributed by atoms with Crippen molar-refractivity contribution in [3.05, 3.63) is 26.7 Å². The van der Waals surface area contributed by atoms with Gasteiger partial charge in [0.05, 0.1) is 6.42 Å². The van der Waals surface area contributed by atoms with Gasteiger partial charge in [0.15, 0.2) is 5.65 Å². The van der Waals surface area contributed by atoms with Crippen molar-refractivity contribution in [2.24, 2.45) is 14.1 Å². The van der Waals surface area contributed by atoms with Gasteiger partial charge in [-0.1, -0.05) is 5.92 Å². The Bertz CT molecular complexity index is 711. The second kappa shape index (κ2) is 3.38. The number of aromatic nitrogens is 4. The first-order valence-corrected chi connectivity index (χ1v) is 4.64. The van der Waals surface area contributed by atoms with Crippen molar-refractivity contribution in [2.75, 3.05) is 0 Å². The zero-order chi connectivity index (χ0) is 11.9. The molecule has 2 heterocycles. The van der Waals surface area contributed by atoms with Crippen molar-refractivity contribution < 1.29 is 0 Å². The van der Waals surface area contributed by atoms with E-state index in [9.17, 15) is 9.59 Å². The van der Waals surface area contributed by atoms with Gasteiger partial charge >= 0.3 is 5.69 Å². The molecule has 82 valence electrons. The summed E-state index contributed by atoms with van der Waals surface area (Å²) in [6.45, 7) is 0. The summed E-state index contributed by atoms with van der Waals surface area (Å²) in [5.41, 5.74) is -0.168. The van der Waals surface area contributed by atoms with Crippen molar-refractivity contribution in [1.29, 1.82) is 0 Å². The summed E-state index contributed by atoms with van der Waals surface area (Å²) < 4.78 is 2.34. The molecule has 1 N–H and O–H groups in total. The maximum atomic E-state index is 11.7. The van der Waals surface area contributed by atoms with Crippen molar-refractivity contribution in [3.63, 3.8) is 0 Å². The van der Waals surface area contributed by atoms with E-state index >= 15 is 0 Å². The quantitative estimate of drug-likeness (QED) is 0.633. The first-order chi connectivity index (χ1) is 7.56. The molecule has 0 atom stereocenters. The fourth-order valence-electron chi connectivity index (χ4n) is 1.55. The molecule has 0 saturated carbocycles. The number of imidazole rings is 1. The van der Waals surface area contributed by atoms with Crippen LogP contribution < -0.4 is 11.2 Å².